The Hall–Kier alpha value is -2.26. The molecule has 3 N–H and O–H groups in total. The van der Waals surface area contributed by atoms with E-state index in [9.17, 15) is 14.7 Å². The van der Waals surface area contributed by atoms with Gasteiger partial charge in [-0.1, -0.05) is 13.8 Å². The van der Waals surface area contributed by atoms with Crippen molar-refractivity contribution in [3.63, 3.8) is 0 Å². The molecule has 2 aromatic rings. The number of aliphatic hydroxyl groups is 1. The zero-order chi connectivity index (χ0) is 16.7. The normalized spacial score (nSPS) is 24.5. The highest BCUT2D eigenvalue weighted by Crippen LogP contribution is 2.30. The average molecular weight is 321 g/mol. The van der Waals surface area contributed by atoms with Crippen molar-refractivity contribution >= 4 is 23.0 Å². The third-order valence-corrected chi connectivity index (χ3v) is 3.75. The van der Waals surface area contributed by atoms with Crippen molar-refractivity contribution in [2.24, 2.45) is 5.92 Å². The molecule has 3 rings (SSSR count). The van der Waals surface area contributed by atoms with Gasteiger partial charge >= 0.3 is 0 Å². The lowest BCUT2D eigenvalue weighted by Crippen LogP contribution is -2.23. The summed E-state index contributed by atoms with van der Waals surface area (Å²) in [4.78, 5) is 34.6. The van der Waals surface area contributed by atoms with E-state index in [0.717, 1.165) is 0 Å². The topological polar surface area (TPSA) is 122 Å². The smallest absolute Gasteiger partial charge is 0.280 e. The monoisotopic (exact) mass is 321 g/mol. The van der Waals surface area contributed by atoms with Crippen LogP contribution in [0.2, 0.25) is 0 Å². The van der Waals surface area contributed by atoms with Crippen molar-refractivity contribution in [2.45, 2.75) is 45.6 Å². The Morgan fingerprint density at radius 3 is 2.91 bits per heavy atom. The van der Waals surface area contributed by atoms with E-state index in [2.05, 4.69) is 20.3 Å². The van der Waals surface area contributed by atoms with Gasteiger partial charge in [0.1, 0.15) is 6.10 Å². The van der Waals surface area contributed by atoms with Crippen LogP contribution < -0.4 is 10.9 Å². The number of fused-ring (bicyclic) bond motifs is 1. The Bertz CT molecular complexity index is 796. The second-order valence-electron chi connectivity index (χ2n) is 6.02. The van der Waals surface area contributed by atoms with E-state index in [1.54, 1.807) is 13.8 Å². The highest BCUT2D eigenvalue weighted by Gasteiger charge is 2.34. The molecule has 0 aliphatic carbocycles. The van der Waals surface area contributed by atoms with Gasteiger partial charge < -0.3 is 9.84 Å². The number of hydrogen-bond acceptors (Lipinski definition) is 6. The molecule has 1 aliphatic rings. The van der Waals surface area contributed by atoms with Crippen molar-refractivity contribution in [3.8, 4) is 0 Å². The molecule has 124 valence electrons. The molecule has 0 radical (unpaired) electrons. The zero-order valence-corrected chi connectivity index (χ0v) is 13.1. The number of carbonyl (C=O) groups is 1. The molecular formula is C14H19N5O4. The number of ether oxygens (including phenoxy) is 1. The van der Waals surface area contributed by atoms with Crippen molar-refractivity contribution in [3.05, 3.63) is 16.7 Å². The first-order valence-electron chi connectivity index (χ1n) is 7.48. The van der Waals surface area contributed by atoms with Crippen LogP contribution in [0.4, 0.5) is 5.95 Å². The molecule has 1 saturated heterocycles. The number of nitrogens with zero attached hydrogens (tertiary/aromatic N) is 3. The molecule has 0 bridgehead atoms. The number of rotatable bonds is 3. The molecule has 23 heavy (non-hydrogen) atoms. The van der Waals surface area contributed by atoms with Gasteiger partial charge in [-0.3, -0.25) is 24.5 Å². The number of anilines is 1. The highest BCUT2D eigenvalue weighted by molar-refractivity contribution is 5.91. The lowest BCUT2D eigenvalue weighted by atomic mass is 10.2. The maximum Gasteiger partial charge on any atom is 0.280 e. The fraction of sp³-hybridized carbons (Fsp3) is 0.571. The number of nitrogens with one attached hydrogen (secondary N) is 2. The van der Waals surface area contributed by atoms with E-state index in [1.165, 1.54) is 10.9 Å². The summed E-state index contributed by atoms with van der Waals surface area (Å²) in [6.45, 7) is 5.33. The lowest BCUT2D eigenvalue weighted by molar-refractivity contribution is -0.118. The molecule has 1 aliphatic heterocycles. The molecule has 1 fully saturated rings. The zero-order valence-electron chi connectivity index (χ0n) is 13.1. The summed E-state index contributed by atoms with van der Waals surface area (Å²) in [5, 5.41) is 12.6. The predicted octanol–water partition coefficient (Wildman–Crippen LogP) is 0.382. The van der Waals surface area contributed by atoms with Crippen molar-refractivity contribution in [1.29, 1.82) is 0 Å². The summed E-state index contributed by atoms with van der Waals surface area (Å²) in [5.74, 6) is -0.463. The largest absolute Gasteiger partial charge is 0.388 e. The number of amides is 1. The fourth-order valence-corrected chi connectivity index (χ4v) is 2.52. The minimum absolute atomic E-state index is 0.0449. The first-order chi connectivity index (χ1) is 10.9. The second kappa shape index (κ2) is 5.74. The Kier molecular flexibility index (Phi) is 3.90. The molecule has 9 heteroatoms. The molecule has 9 nitrogen and oxygen atoms in total. The minimum atomic E-state index is -0.711. The molecule has 3 atom stereocenters. The van der Waals surface area contributed by atoms with Crippen molar-refractivity contribution in [1.82, 2.24) is 19.5 Å². The number of aromatic nitrogens is 4. The highest BCUT2D eigenvalue weighted by atomic mass is 16.5. The first kappa shape index (κ1) is 15.6. The van der Waals surface area contributed by atoms with Crippen LogP contribution in [-0.2, 0) is 9.53 Å². The number of hydrogen-bond donors (Lipinski definition) is 3. The summed E-state index contributed by atoms with van der Waals surface area (Å²) in [7, 11) is 0. The van der Waals surface area contributed by atoms with Crippen LogP contribution in [-0.4, -0.2) is 42.7 Å². The van der Waals surface area contributed by atoms with Crippen LogP contribution >= 0.6 is 0 Å². The standard InChI is InChI=1S/C14H19N5O4/c1-6(2)11(21)17-14-16-10-9(12(22)18-14)15-5-19(10)13-8(20)4-7(3)23-13/h5-8,13,20H,4H2,1-3H3,(H2,16,17,18,21,22)/t7-,8-,13-/m1/s1. The van der Waals surface area contributed by atoms with Gasteiger partial charge in [0.05, 0.1) is 12.4 Å². The predicted molar refractivity (Wildman–Crippen MR) is 81.8 cm³/mol. The molecule has 0 spiro atoms. The van der Waals surface area contributed by atoms with Gasteiger partial charge in [-0.25, -0.2) is 4.98 Å². The number of carbonyl (C=O) groups excluding carboxylic acids is 1. The Labute approximate surface area is 131 Å². The van der Waals surface area contributed by atoms with Crippen LogP contribution in [0.3, 0.4) is 0 Å². The SMILES string of the molecule is CC(C)C(=O)Nc1nc2c(ncn2[C@@H]2O[C@H](C)C[C@H]2O)c(=O)[nH]1. The van der Waals surface area contributed by atoms with Gasteiger partial charge in [0, 0.05) is 12.3 Å². The van der Waals surface area contributed by atoms with E-state index < -0.39 is 17.9 Å². The number of aromatic amines is 1. The van der Waals surface area contributed by atoms with Gasteiger partial charge in [-0.05, 0) is 6.92 Å². The van der Waals surface area contributed by atoms with Gasteiger partial charge in [0.25, 0.3) is 5.56 Å². The molecule has 2 aromatic heterocycles. The maximum absolute atomic E-state index is 12.1. The van der Waals surface area contributed by atoms with Crippen molar-refractivity contribution < 1.29 is 14.6 Å². The Morgan fingerprint density at radius 2 is 2.30 bits per heavy atom. The average Bonchev–Trinajstić information content (AvgIpc) is 3.01. The van der Waals surface area contributed by atoms with Crippen LogP contribution in [0, 0.1) is 5.92 Å². The van der Waals surface area contributed by atoms with Crippen molar-refractivity contribution in [2.75, 3.05) is 5.32 Å². The van der Waals surface area contributed by atoms with Crippen LogP contribution in [0.25, 0.3) is 11.2 Å². The molecule has 0 saturated carbocycles. The van der Waals surface area contributed by atoms with E-state index >= 15 is 0 Å². The summed E-state index contributed by atoms with van der Waals surface area (Å²) in [5.41, 5.74) is -0.0813. The minimum Gasteiger partial charge on any atom is -0.388 e. The Morgan fingerprint density at radius 1 is 1.57 bits per heavy atom. The molecule has 1 amide bonds. The quantitative estimate of drug-likeness (QED) is 0.751. The van der Waals surface area contributed by atoms with Crippen LogP contribution in [0.1, 0.15) is 33.4 Å². The second-order valence-corrected chi connectivity index (χ2v) is 6.02. The maximum atomic E-state index is 12.1. The number of H-pyrrole nitrogens is 1. The summed E-state index contributed by atoms with van der Waals surface area (Å²) < 4.78 is 7.18. The number of imidazole rings is 1. The van der Waals surface area contributed by atoms with Crippen LogP contribution in [0.15, 0.2) is 11.1 Å². The first-order valence-corrected chi connectivity index (χ1v) is 7.48. The van der Waals surface area contributed by atoms with Gasteiger partial charge in [-0.2, -0.15) is 4.98 Å². The summed E-state index contributed by atoms with van der Waals surface area (Å²) >= 11 is 0. The van der Waals surface area contributed by atoms with E-state index in [4.69, 9.17) is 4.74 Å². The van der Waals surface area contributed by atoms with Gasteiger partial charge in [0.2, 0.25) is 11.9 Å². The lowest BCUT2D eigenvalue weighted by Gasteiger charge is -2.16. The van der Waals surface area contributed by atoms with Crippen LogP contribution in [0.5, 0.6) is 0 Å². The Balaban J connectivity index is 2.03. The molecule has 3 heterocycles. The van der Waals surface area contributed by atoms with E-state index in [0.29, 0.717) is 6.42 Å². The number of aliphatic hydroxyl groups excluding tert-OH is 1. The molecule has 0 unspecified atom stereocenters. The van der Waals surface area contributed by atoms with Gasteiger partial charge in [-0.15, -0.1) is 0 Å². The third kappa shape index (κ3) is 2.84. The van der Waals surface area contributed by atoms with Gasteiger partial charge in [0.15, 0.2) is 17.4 Å². The summed E-state index contributed by atoms with van der Waals surface area (Å²) in [6, 6.07) is 0. The molecular weight excluding hydrogens is 302 g/mol. The van der Waals surface area contributed by atoms with E-state index in [-0.39, 0.29) is 35.0 Å². The summed E-state index contributed by atoms with van der Waals surface area (Å²) in [6.07, 6.45) is 0.432. The fourth-order valence-electron chi connectivity index (χ4n) is 2.52. The third-order valence-electron chi connectivity index (χ3n) is 3.75. The molecule has 0 aromatic carbocycles. The van der Waals surface area contributed by atoms with E-state index in [1.807, 2.05) is 6.92 Å².